The van der Waals surface area contributed by atoms with Crippen molar-refractivity contribution in [2.45, 2.75) is 45.6 Å². The molecule has 1 aliphatic heterocycles. The molecule has 1 aromatic heterocycles. The van der Waals surface area contributed by atoms with Crippen molar-refractivity contribution in [2.24, 2.45) is 0 Å². The number of carbonyl (C=O) groups excluding carboxylic acids is 1. The standard InChI is InChI=1S/C17H26N2OS/c1-13-11-16(14(2)21-13)17(20)12-18-7-9-19(10-8-18)15-5-3-4-6-15/h11,15H,3-10,12H2,1-2H3. The Balaban J connectivity index is 1.51. The topological polar surface area (TPSA) is 23.6 Å². The van der Waals surface area contributed by atoms with Crippen LogP contribution in [-0.4, -0.2) is 54.3 Å². The lowest BCUT2D eigenvalue weighted by molar-refractivity contribution is 0.0775. The highest BCUT2D eigenvalue weighted by Gasteiger charge is 2.27. The number of aryl methyl sites for hydroxylation is 2. The quantitative estimate of drug-likeness (QED) is 0.799. The van der Waals surface area contributed by atoms with Gasteiger partial charge in [0.1, 0.15) is 0 Å². The van der Waals surface area contributed by atoms with E-state index < -0.39 is 0 Å². The maximum Gasteiger partial charge on any atom is 0.177 e. The molecule has 1 saturated heterocycles. The predicted octanol–water partition coefficient (Wildman–Crippen LogP) is 3.11. The molecule has 0 aromatic carbocycles. The maximum atomic E-state index is 12.4. The van der Waals surface area contributed by atoms with E-state index in [0.717, 1.165) is 37.8 Å². The normalized spacial score (nSPS) is 22.0. The predicted molar refractivity (Wildman–Crippen MR) is 88.4 cm³/mol. The molecular formula is C17H26N2OS. The molecule has 0 unspecified atom stereocenters. The van der Waals surface area contributed by atoms with Crippen LogP contribution in [0.15, 0.2) is 6.07 Å². The van der Waals surface area contributed by atoms with Gasteiger partial charge in [-0.15, -0.1) is 11.3 Å². The van der Waals surface area contributed by atoms with Crippen molar-refractivity contribution < 1.29 is 4.79 Å². The number of Topliss-reactive ketones (excluding diaryl/α,β-unsaturated/α-hetero) is 1. The van der Waals surface area contributed by atoms with Crippen LogP contribution in [-0.2, 0) is 0 Å². The van der Waals surface area contributed by atoms with Crippen molar-refractivity contribution >= 4 is 17.1 Å². The minimum atomic E-state index is 0.297. The molecule has 0 spiro atoms. The SMILES string of the molecule is Cc1cc(C(=O)CN2CCN(C3CCCC3)CC2)c(C)s1. The molecule has 1 saturated carbocycles. The molecule has 0 amide bonds. The highest BCUT2D eigenvalue weighted by atomic mass is 32.1. The number of carbonyl (C=O) groups is 1. The fourth-order valence-electron chi connectivity index (χ4n) is 3.75. The van der Waals surface area contributed by atoms with Crippen molar-refractivity contribution in [1.82, 2.24) is 9.80 Å². The van der Waals surface area contributed by atoms with E-state index in [4.69, 9.17) is 0 Å². The Hall–Kier alpha value is -0.710. The van der Waals surface area contributed by atoms with Gasteiger partial charge in [-0.1, -0.05) is 12.8 Å². The van der Waals surface area contributed by atoms with E-state index in [9.17, 15) is 4.79 Å². The number of hydrogen-bond donors (Lipinski definition) is 0. The third-order valence-corrected chi connectivity index (χ3v) is 5.92. The summed E-state index contributed by atoms with van der Waals surface area (Å²) in [6.45, 7) is 9.10. The highest BCUT2D eigenvalue weighted by molar-refractivity contribution is 7.12. The van der Waals surface area contributed by atoms with Gasteiger partial charge in [-0.2, -0.15) is 0 Å². The number of ketones is 1. The molecule has 3 rings (SSSR count). The lowest BCUT2D eigenvalue weighted by Crippen LogP contribution is -2.50. The Bertz CT molecular complexity index is 497. The average Bonchev–Trinajstić information content (AvgIpc) is 3.09. The van der Waals surface area contributed by atoms with Gasteiger partial charge in [0.05, 0.1) is 6.54 Å². The second kappa shape index (κ2) is 6.59. The fourth-order valence-corrected chi connectivity index (χ4v) is 4.69. The van der Waals surface area contributed by atoms with Crippen LogP contribution in [0.25, 0.3) is 0 Å². The second-order valence-electron chi connectivity index (χ2n) is 6.50. The summed E-state index contributed by atoms with van der Waals surface area (Å²) in [4.78, 5) is 19.8. The molecule has 2 fully saturated rings. The van der Waals surface area contributed by atoms with Gasteiger partial charge in [0, 0.05) is 47.5 Å². The molecule has 0 atom stereocenters. The van der Waals surface area contributed by atoms with Crippen LogP contribution in [0.5, 0.6) is 0 Å². The Morgan fingerprint density at radius 3 is 2.43 bits per heavy atom. The van der Waals surface area contributed by atoms with E-state index >= 15 is 0 Å². The largest absolute Gasteiger partial charge is 0.298 e. The molecule has 21 heavy (non-hydrogen) atoms. The summed E-state index contributed by atoms with van der Waals surface area (Å²) in [5.74, 6) is 0.297. The molecule has 3 nitrogen and oxygen atoms in total. The molecule has 0 N–H and O–H groups in total. The van der Waals surface area contributed by atoms with E-state index in [1.165, 1.54) is 35.4 Å². The zero-order valence-corrected chi connectivity index (χ0v) is 14.0. The number of thiophene rings is 1. The zero-order chi connectivity index (χ0) is 14.8. The van der Waals surface area contributed by atoms with Gasteiger partial charge in [0.15, 0.2) is 5.78 Å². The van der Waals surface area contributed by atoms with Crippen LogP contribution in [0.4, 0.5) is 0 Å². The third-order valence-electron chi connectivity index (χ3n) is 4.96. The first kappa shape index (κ1) is 15.2. The summed E-state index contributed by atoms with van der Waals surface area (Å²) < 4.78 is 0. The first-order valence-electron chi connectivity index (χ1n) is 8.20. The van der Waals surface area contributed by atoms with Crippen molar-refractivity contribution in [1.29, 1.82) is 0 Å². The molecule has 1 aromatic rings. The van der Waals surface area contributed by atoms with Gasteiger partial charge in [-0.25, -0.2) is 0 Å². The summed E-state index contributed by atoms with van der Waals surface area (Å²) in [5, 5.41) is 0. The van der Waals surface area contributed by atoms with E-state index in [2.05, 4.69) is 29.7 Å². The lowest BCUT2D eigenvalue weighted by Gasteiger charge is -2.37. The number of hydrogen-bond acceptors (Lipinski definition) is 4. The lowest BCUT2D eigenvalue weighted by atomic mass is 10.1. The third kappa shape index (κ3) is 3.55. The van der Waals surface area contributed by atoms with Gasteiger partial charge in [-0.05, 0) is 32.8 Å². The van der Waals surface area contributed by atoms with Gasteiger partial charge in [0.25, 0.3) is 0 Å². The Labute approximate surface area is 131 Å². The summed E-state index contributed by atoms with van der Waals surface area (Å²) in [7, 11) is 0. The van der Waals surface area contributed by atoms with E-state index in [-0.39, 0.29) is 0 Å². The van der Waals surface area contributed by atoms with Crippen LogP contribution in [0.2, 0.25) is 0 Å². The zero-order valence-electron chi connectivity index (χ0n) is 13.2. The number of rotatable bonds is 4. The molecule has 2 aliphatic rings. The van der Waals surface area contributed by atoms with Crippen molar-refractivity contribution in [3.05, 3.63) is 21.4 Å². The van der Waals surface area contributed by atoms with E-state index in [1.54, 1.807) is 11.3 Å². The first-order chi connectivity index (χ1) is 10.1. The number of nitrogens with zero attached hydrogens (tertiary/aromatic N) is 2. The average molecular weight is 306 g/mol. The van der Waals surface area contributed by atoms with Crippen molar-refractivity contribution in [3.63, 3.8) is 0 Å². The van der Waals surface area contributed by atoms with Gasteiger partial charge < -0.3 is 0 Å². The minimum absolute atomic E-state index is 0.297. The van der Waals surface area contributed by atoms with Crippen LogP contribution < -0.4 is 0 Å². The Morgan fingerprint density at radius 2 is 1.86 bits per heavy atom. The van der Waals surface area contributed by atoms with Crippen LogP contribution >= 0.6 is 11.3 Å². The van der Waals surface area contributed by atoms with Gasteiger partial charge in [-0.3, -0.25) is 14.6 Å². The van der Waals surface area contributed by atoms with Gasteiger partial charge >= 0.3 is 0 Å². The smallest absolute Gasteiger partial charge is 0.177 e. The van der Waals surface area contributed by atoms with E-state index in [1.807, 2.05) is 0 Å². The molecule has 4 heteroatoms. The molecule has 116 valence electrons. The molecule has 0 radical (unpaired) electrons. The number of piperazine rings is 1. The van der Waals surface area contributed by atoms with Crippen LogP contribution in [0, 0.1) is 13.8 Å². The van der Waals surface area contributed by atoms with Crippen molar-refractivity contribution in [3.8, 4) is 0 Å². The summed E-state index contributed by atoms with van der Waals surface area (Å²) >= 11 is 1.73. The van der Waals surface area contributed by atoms with Crippen LogP contribution in [0.1, 0.15) is 45.8 Å². The van der Waals surface area contributed by atoms with Crippen molar-refractivity contribution in [2.75, 3.05) is 32.7 Å². The summed E-state index contributed by atoms with van der Waals surface area (Å²) in [6.07, 6.45) is 5.57. The minimum Gasteiger partial charge on any atom is -0.298 e. The summed E-state index contributed by atoms with van der Waals surface area (Å²) in [5.41, 5.74) is 0.940. The second-order valence-corrected chi connectivity index (χ2v) is 7.96. The molecule has 1 aliphatic carbocycles. The van der Waals surface area contributed by atoms with Gasteiger partial charge in [0.2, 0.25) is 0 Å². The van der Waals surface area contributed by atoms with Crippen LogP contribution in [0.3, 0.4) is 0 Å². The summed E-state index contributed by atoms with van der Waals surface area (Å²) in [6, 6.07) is 2.88. The Morgan fingerprint density at radius 1 is 1.19 bits per heavy atom. The monoisotopic (exact) mass is 306 g/mol. The van der Waals surface area contributed by atoms with E-state index in [0.29, 0.717) is 12.3 Å². The Kier molecular flexibility index (Phi) is 4.77. The highest BCUT2D eigenvalue weighted by Crippen LogP contribution is 2.25. The molecular weight excluding hydrogens is 280 g/mol. The molecule has 2 heterocycles. The maximum absolute atomic E-state index is 12.4. The first-order valence-corrected chi connectivity index (χ1v) is 9.02. The molecule has 0 bridgehead atoms. The fraction of sp³-hybridized carbons (Fsp3) is 0.706.